The third-order valence-electron chi connectivity index (χ3n) is 5.19. The highest BCUT2D eigenvalue weighted by Gasteiger charge is 2.36. The summed E-state index contributed by atoms with van der Waals surface area (Å²) in [5.41, 5.74) is 2.45. The Hall–Kier alpha value is -3.23. The summed E-state index contributed by atoms with van der Waals surface area (Å²) in [6.45, 7) is 4.41. The van der Waals surface area contributed by atoms with Crippen molar-refractivity contribution in [3.8, 4) is 0 Å². The number of carboxylic acid groups (broad SMARTS) is 1. The third-order valence-corrected chi connectivity index (χ3v) is 5.19. The van der Waals surface area contributed by atoms with Gasteiger partial charge in [0.2, 0.25) is 11.8 Å². The van der Waals surface area contributed by atoms with Crippen LogP contribution < -0.4 is 10.2 Å². The number of aromatic nitrogens is 3. The van der Waals surface area contributed by atoms with E-state index in [0.717, 1.165) is 17.7 Å². The van der Waals surface area contributed by atoms with Crippen LogP contribution in [0.2, 0.25) is 0 Å². The molecule has 2 atom stereocenters. The zero-order chi connectivity index (χ0) is 21.0. The summed E-state index contributed by atoms with van der Waals surface area (Å²) >= 11 is 0. The SMILES string of the molecule is CCC(C)c1ccccc1N1CC(C(=O)NCc2cn(CC(=O)O)nn2)CC1=O. The van der Waals surface area contributed by atoms with Crippen LogP contribution >= 0.6 is 0 Å². The Morgan fingerprint density at radius 2 is 2.10 bits per heavy atom. The summed E-state index contributed by atoms with van der Waals surface area (Å²) in [6.07, 6.45) is 2.60. The molecule has 1 aromatic carbocycles. The Balaban J connectivity index is 1.62. The van der Waals surface area contributed by atoms with Crippen molar-refractivity contribution in [2.75, 3.05) is 11.4 Å². The molecule has 1 fully saturated rings. The molecule has 154 valence electrons. The Morgan fingerprint density at radius 1 is 1.34 bits per heavy atom. The number of rotatable bonds is 8. The Morgan fingerprint density at radius 3 is 2.83 bits per heavy atom. The van der Waals surface area contributed by atoms with Crippen LogP contribution in [0.25, 0.3) is 0 Å². The molecule has 1 aromatic heterocycles. The van der Waals surface area contributed by atoms with E-state index in [0.29, 0.717) is 18.2 Å². The smallest absolute Gasteiger partial charge is 0.325 e. The topological polar surface area (TPSA) is 117 Å². The molecule has 3 rings (SSSR count). The van der Waals surface area contributed by atoms with Crippen molar-refractivity contribution in [3.63, 3.8) is 0 Å². The van der Waals surface area contributed by atoms with Crippen molar-refractivity contribution >= 4 is 23.5 Å². The first kappa shape index (κ1) is 20.5. The lowest BCUT2D eigenvalue weighted by Crippen LogP contribution is -2.33. The lowest BCUT2D eigenvalue weighted by Gasteiger charge is -2.23. The van der Waals surface area contributed by atoms with E-state index in [9.17, 15) is 14.4 Å². The molecule has 2 heterocycles. The minimum absolute atomic E-state index is 0.0618. The second kappa shape index (κ2) is 8.85. The largest absolute Gasteiger partial charge is 0.480 e. The summed E-state index contributed by atoms with van der Waals surface area (Å²) < 4.78 is 1.19. The first-order valence-electron chi connectivity index (χ1n) is 9.66. The molecule has 2 amide bonds. The summed E-state index contributed by atoms with van der Waals surface area (Å²) in [5, 5.41) is 19.1. The van der Waals surface area contributed by atoms with Gasteiger partial charge in [-0.05, 0) is 24.0 Å². The van der Waals surface area contributed by atoms with Gasteiger partial charge in [-0.2, -0.15) is 0 Å². The van der Waals surface area contributed by atoms with E-state index in [4.69, 9.17) is 5.11 Å². The summed E-state index contributed by atoms with van der Waals surface area (Å²) in [7, 11) is 0. The van der Waals surface area contributed by atoms with Crippen LogP contribution in [0.4, 0.5) is 5.69 Å². The molecule has 0 radical (unpaired) electrons. The quantitative estimate of drug-likeness (QED) is 0.695. The molecule has 0 spiro atoms. The molecule has 9 heteroatoms. The van der Waals surface area contributed by atoms with Gasteiger partial charge in [0.1, 0.15) is 12.2 Å². The Bertz CT molecular complexity index is 910. The number of carboxylic acids is 1. The molecule has 0 saturated carbocycles. The summed E-state index contributed by atoms with van der Waals surface area (Å²) in [5.74, 6) is -1.43. The van der Waals surface area contributed by atoms with Gasteiger partial charge < -0.3 is 15.3 Å². The van der Waals surface area contributed by atoms with Crippen LogP contribution in [0.15, 0.2) is 30.5 Å². The summed E-state index contributed by atoms with van der Waals surface area (Å²) in [6, 6.07) is 7.83. The predicted octanol–water partition coefficient (Wildman–Crippen LogP) is 1.55. The van der Waals surface area contributed by atoms with Gasteiger partial charge in [0, 0.05) is 18.7 Å². The highest BCUT2D eigenvalue weighted by atomic mass is 16.4. The zero-order valence-electron chi connectivity index (χ0n) is 16.5. The predicted molar refractivity (Wildman–Crippen MR) is 105 cm³/mol. The molecule has 2 aromatic rings. The number of nitrogens with one attached hydrogen (secondary N) is 1. The Labute approximate surface area is 168 Å². The summed E-state index contributed by atoms with van der Waals surface area (Å²) in [4.78, 5) is 37.5. The van der Waals surface area contributed by atoms with Crippen molar-refractivity contribution in [2.24, 2.45) is 5.92 Å². The van der Waals surface area contributed by atoms with Crippen molar-refractivity contribution in [1.29, 1.82) is 0 Å². The number of benzene rings is 1. The van der Waals surface area contributed by atoms with Gasteiger partial charge in [-0.15, -0.1) is 5.10 Å². The second-order valence-corrected chi connectivity index (χ2v) is 7.29. The fourth-order valence-corrected chi connectivity index (χ4v) is 3.44. The molecule has 1 aliphatic rings. The van der Waals surface area contributed by atoms with E-state index in [1.807, 2.05) is 24.3 Å². The molecule has 29 heavy (non-hydrogen) atoms. The number of amides is 2. The van der Waals surface area contributed by atoms with Crippen LogP contribution in [0.1, 0.15) is 43.9 Å². The van der Waals surface area contributed by atoms with Gasteiger partial charge in [-0.25, -0.2) is 4.68 Å². The number of hydrogen-bond donors (Lipinski definition) is 2. The van der Waals surface area contributed by atoms with E-state index in [1.54, 1.807) is 4.90 Å². The number of hydrogen-bond acceptors (Lipinski definition) is 5. The van der Waals surface area contributed by atoms with Gasteiger partial charge in [-0.1, -0.05) is 37.3 Å². The number of nitrogens with zero attached hydrogens (tertiary/aromatic N) is 4. The fraction of sp³-hybridized carbons (Fsp3) is 0.450. The van der Waals surface area contributed by atoms with Crippen LogP contribution in [-0.2, 0) is 27.5 Å². The minimum Gasteiger partial charge on any atom is -0.480 e. The number of carbonyl (C=O) groups is 3. The number of carbonyl (C=O) groups excluding carboxylic acids is 2. The molecule has 9 nitrogen and oxygen atoms in total. The molecular formula is C20H25N5O4. The van der Waals surface area contributed by atoms with Crippen molar-refractivity contribution < 1.29 is 19.5 Å². The first-order chi connectivity index (χ1) is 13.9. The molecule has 1 saturated heterocycles. The van der Waals surface area contributed by atoms with Crippen LogP contribution in [-0.4, -0.2) is 44.4 Å². The monoisotopic (exact) mass is 399 g/mol. The zero-order valence-corrected chi connectivity index (χ0v) is 16.5. The molecule has 1 aliphatic heterocycles. The highest BCUT2D eigenvalue weighted by molar-refractivity contribution is 6.00. The average Bonchev–Trinajstić information content (AvgIpc) is 3.31. The number of para-hydroxylation sites is 1. The number of aliphatic carboxylic acids is 1. The third kappa shape index (κ3) is 4.79. The van der Waals surface area contributed by atoms with E-state index in [2.05, 4.69) is 29.5 Å². The highest BCUT2D eigenvalue weighted by Crippen LogP contribution is 2.33. The van der Waals surface area contributed by atoms with Gasteiger partial charge in [0.15, 0.2) is 0 Å². The van der Waals surface area contributed by atoms with E-state index in [-0.39, 0.29) is 31.3 Å². The maximum absolute atomic E-state index is 12.6. The Kier molecular flexibility index (Phi) is 6.26. The standard InChI is InChI=1S/C20H25N5O4/c1-3-13(2)16-6-4-5-7-17(16)25-10-14(8-18(25)26)20(29)21-9-15-11-24(23-22-15)12-19(27)28/h4-7,11,13-14H,3,8-10,12H2,1-2H3,(H,21,29)(H,27,28). The van der Waals surface area contributed by atoms with Crippen molar-refractivity contribution in [2.45, 2.75) is 45.7 Å². The van der Waals surface area contributed by atoms with Gasteiger partial charge in [0.05, 0.1) is 18.7 Å². The van der Waals surface area contributed by atoms with Crippen LogP contribution in [0, 0.1) is 5.92 Å². The van der Waals surface area contributed by atoms with Gasteiger partial charge in [0.25, 0.3) is 0 Å². The van der Waals surface area contributed by atoms with Gasteiger partial charge in [-0.3, -0.25) is 14.4 Å². The average molecular weight is 399 g/mol. The molecule has 0 bridgehead atoms. The maximum Gasteiger partial charge on any atom is 0.325 e. The van der Waals surface area contributed by atoms with Crippen LogP contribution in [0.5, 0.6) is 0 Å². The lowest BCUT2D eigenvalue weighted by molar-refractivity contribution is -0.138. The van der Waals surface area contributed by atoms with Crippen LogP contribution in [0.3, 0.4) is 0 Å². The molecule has 0 aliphatic carbocycles. The fourth-order valence-electron chi connectivity index (χ4n) is 3.44. The first-order valence-corrected chi connectivity index (χ1v) is 9.66. The lowest BCUT2D eigenvalue weighted by atomic mass is 9.96. The van der Waals surface area contributed by atoms with E-state index >= 15 is 0 Å². The van der Waals surface area contributed by atoms with E-state index in [1.165, 1.54) is 10.9 Å². The second-order valence-electron chi connectivity index (χ2n) is 7.29. The molecule has 2 N–H and O–H groups in total. The van der Waals surface area contributed by atoms with Crippen molar-refractivity contribution in [3.05, 3.63) is 41.7 Å². The number of anilines is 1. The minimum atomic E-state index is -1.02. The van der Waals surface area contributed by atoms with Crippen molar-refractivity contribution in [1.82, 2.24) is 20.3 Å². The maximum atomic E-state index is 12.6. The molecular weight excluding hydrogens is 374 g/mol. The van der Waals surface area contributed by atoms with E-state index < -0.39 is 11.9 Å². The molecule has 2 unspecified atom stereocenters. The van der Waals surface area contributed by atoms with Gasteiger partial charge >= 0.3 is 5.97 Å². The normalized spacial score (nSPS) is 17.4.